The van der Waals surface area contributed by atoms with Gasteiger partial charge in [-0.1, -0.05) is 19.8 Å². The van der Waals surface area contributed by atoms with Crippen molar-refractivity contribution in [3.05, 3.63) is 35.3 Å². The number of hydrogen-bond donors (Lipinski definition) is 3. The summed E-state index contributed by atoms with van der Waals surface area (Å²) in [5.41, 5.74) is 4.57. The average Bonchev–Trinajstić information content (AvgIpc) is 2.78. The van der Waals surface area contributed by atoms with Gasteiger partial charge >= 0.3 is 0 Å². The average molecular weight is 426 g/mol. The number of hydrogen-bond acceptors (Lipinski definition) is 6. The van der Waals surface area contributed by atoms with Gasteiger partial charge in [-0.3, -0.25) is 20.4 Å². The van der Waals surface area contributed by atoms with Crippen molar-refractivity contribution in [2.24, 2.45) is 9.98 Å². The molecule has 31 heavy (non-hydrogen) atoms. The van der Waals surface area contributed by atoms with Gasteiger partial charge in [0.1, 0.15) is 11.4 Å². The smallest absolute Gasteiger partial charge is 0.140 e. The van der Waals surface area contributed by atoms with Crippen LogP contribution in [-0.4, -0.2) is 40.6 Å². The van der Waals surface area contributed by atoms with Crippen molar-refractivity contribution in [1.82, 2.24) is 20.2 Å². The van der Waals surface area contributed by atoms with Crippen molar-refractivity contribution in [1.29, 1.82) is 0 Å². The molecule has 2 aromatic rings. The Morgan fingerprint density at radius 3 is 2.87 bits per heavy atom. The normalized spacial score (nSPS) is 15.6. The summed E-state index contributed by atoms with van der Waals surface area (Å²) in [5.74, 6) is 6.85. The number of nitrogens with one attached hydrogen (secondary N) is 2. The molecule has 3 rings (SSSR count). The molecule has 8 heteroatoms. The van der Waals surface area contributed by atoms with E-state index in [2.05, 4.69) is 34.0 Å². The number of aliphatic imine (C=N–C) groups is 2. The molecule has 4 N–H and O–H groups in total. The number of nitrogens with zero attached hydrogens (tertiary/aromatic N) is 4. The minimum Gasteiger partial charge on any atom is -0.489 e. The lowest BCUT2D eigenvalue weighted by Gasteiger charge is -2.24. The third-order valence-corrected chi connectivity index (χ3v) is 5.53. The van der Waals surface area contributed by atoms with Gasteiger partial charge < -0.3 is 10.6 Å². The number of aromatic nitrogens is 3. The molecule has 0 bridgehead atoms. The van der Waals surface area contributed by atoms with Gasteiger partial charge in [0.2, 0.25) is 0 Å². The molecule has 0 saturated heterocycles. The molecule has 0 radical (unpaired) electrons. The standard InChI is InChI=1S/C23H35N7O/c1-4-8-18(25-3)13-14-26-16-27-15-21-23(29-30(21)24)20-11-12-22(17(2)28-20)31-19-9-6-5-7-10-19/h11-14,19,27,29H,3-10,15-16,24H2,1-2H3/b18-13-,26-14?. The Hall–Kier alpha value is -2.87. The molecule has 0 aromatic carbocycles. The van der Waals surface area contributed by atoms with Gasteiger partial charge in [0.25, 0.3) is 0 Å². The summed E-state index contributed by atoms with van der Waals surface area (Å²) in [7, 11) is 0. The van der Waals surface area contributed by atoms with Crippen molar-refractivity contribution >= 4 is 12.9 Å². The van der Waals surface area contributed by atoms with E-state index in [1.54, 1.807) is 6.21 Å². The maximum Gasteiger partial charge on any atom is 0.140 e. The first-order chi connectivity index (χ1) is 15.1. The molecule has 168 valence electrons. The largest absolute Gasteiger partial charge is 0.489 e. The predicted octanol–water partition coefficient (Wildman–Crippen LogP) is 4.11. The highest BCUT2D eigenvalue weighted by Crippen LogP contribution is 2.28. The number of nitrogens with two attached hydrogens (primary N) is 1. The van der Waals surface area contributed by atoms with Crippen LogP contribution in [0.1, 0.15) is 63.3 Å². The Balaban J connectivity index is 1.55. The number of ether oxygens (including phenoxy) is 1. The van der Waals surface area contributed by atoms with Gasteiger partial charge in [-0.05, 0) is 64.0 Å². The topological polar surface area (TPSA) is 106 Å². The first-order valence-electron chi connectivity index (χ1n) is 11.2. The highest BCUT2D eigenvalue weighted by Gasteiger charge is 2.19. The summed E-state index contributed by atoms with van der Waals surface area (Å²) in [4.78, 5) is 14.6. The zero-order valence-corrected chi connectivity index (χ0v) is 18.7. The second kappa shape index (κ2) is 11.5. The zero-order valence-electron chi connectivity index (χ0n) is 18.7. The van der Waals surface area contributed by atoms with E-state index >= 15 is 0 Å². The molecule has 1 fully saturated rings. The molecular formula is C23H35N7O. The third kappa shape index (κ3) is 6.30. The van der Waals surface area contributed by atoms with Crippen LogP contribution in [0.2, 0.25) is 0 Å². The Morgan fingerprint density at radius 1 is 1.39 bits per heavy atom. The van der Waals surface area contributed by atoms with Crippen LogP contribution in [0.5, 0.6) is 5.75 Å². The molecule has 0 unspecified atom stereocenters. The highest BCUT2D eigenvalue weighted by atomic mass is 16.5. The van der Waals surface area contributed by atoms with Gasteiger partial charge in [0.05, 0.1) is 29.9 Å². The lowest BCUT2D eigenvalue weighted by atomic mass is 9.98. The van der Waals surface area contributed by atoms with Gasteiger partial charge in [-0.15, -0.1) is 0 Å². The summed E-state index contributed by atoms with van der Waals surface area (Å²) in [5, 5.41) is 6.38. The Bertz CT molecular complexity index is 903. The van der Waals surface area contributed by atoms with Crippen molar-refractivity contribution in [3.8, 4) is 17.1 Å². The molecule has 0 amide bonds. The van der Waals surface area contributed by atoms with E-state index in [-0.39, 0.29) is 0 Å². The molecule has 8 nitrogen and oxygen atoms in total. The van der Waals surface area contributed by atoms with Crippen LogP contribution in [0.3, 0.4) is 0 Å². The molecule has 1 aliphatic carbocycles. The Kier molecular flexibility index (Phi) is 8.46. The molecule has 1 saturated carbocycles. The number of H-pyrrole nitrogens is 1. The van der Waals surface area contributed by atoms with Crippen LogP contribution in [-0.2, 0) is 6.54 Å². The molecule has 0 spiro atoms. The van der Waals surface area contributed by atoms with Crippen LogP contribution in [0.15, 0.2) is 33.9 Å². The van der Waals surface area contributed by atoms with Crippen molar-refractivity contribution < 1.29 is 4.74 Å². The van der Waals surface area contributed by atoms with Crippen molar-refractivity contribution in [2.45, 2.75) is 71.4 Å². The number of aryl methyl sites for hydroxylation is 1. The molecule has 0 aliphatic heterocycles. The summed E-state index contributed by atoms with van der Waals surface area (Å²) in [6.45, 7) is 8.76. The van der Waals surface area contributed by atoms with Gasteiger partial charge in [0.15, 0.2) is 0 Å². The quantitative estimate of drug-likeness (QED) is 0.286. The Labute approximate surface area is 184 Å². The molecular weight excluding hydrogens is 390 g/mol. The maximum absolute atomic E-state index is 6.19. The monoisotopic (exact) mass is 425 g/mol. The van der Waals surface area contributed by atoms with E-state index in [1.807, 2.05) is 25.1 Å². The summed E-state index contributed by atoms with van der Waals surface area (Å²) >= 11 is 0. The van der Waals surface area contributed by atoms with Gasteiger partial charge in [-0.2, -0.15) is 0 Å². The molecule has 2 heterocycles. The summed E-state index contributed by atoms with van der Waals surface area (Å²) < 4.78 is 6.19. The van der Waals surface area contributed by atoms with Crippen molar-refractivity contribution in [2.75, 3.05) is 12.5 Å². The van der Waals surface area contributed by atoms with E-state index in [0.717, 1.165) is 59.9 Å². The number of allylic oxidation sites excluding steroid dienone is 2. The number of pyridine rings is 1. The fourth-order valence-electron chi connectivity index (χ4n) is 3.77. The predicted molar refractivity (Wildman–Crippen MR) is 127 cm³/mol. The van der Waals surface area contributed by atoms with E-state index in [9.17, 15) is 0 Å². The van der Waals surface area contributed by atoms with E-state index < -0.39 is 0 Å². The highest BCUT2D eigenvalue weighted by molar-refractivity contribution is 5.72. The van der Waals surface area contributed by atoms with E-state index in [4.69, 9.17) is 15.6 Å². The lowest BCUT2D eigenvalue weighted by Crippen LogP contribution is -2.30. The van der Waals surface area contributed by atoms with Crippen LogP contribution in [0.25, 0.3) is 11.4 Å². The zero-order chi connectivity index (χ0) is 22.1. The van der Waals surface area contributed by atoms with E-state index in [0.29, 0.717) is 19.3 Å². The van der Waals surface area contributed by atoms with Crippen LogP contribution < -0.4 is 15.9 Å². The fraction of sp³-hybridized carbons (Fsp3) is 0.522. The SMILES string of the molecule is C=N/C(=C\C=NCNCc1c(-c2ccc(OC3CCCCC3)c(C)n2)[nH]n1N)CCC. The second-order valence-electron chi connectivity index (χ2n) is 7.94. The number of aromatic amines is 1. The van der Waals surface area contributed by atoms with Crippen LogP contribution in [0.4, 0.5) is 0 Å². The van der Waals surface area contributed by atoms with E-state index in [1.165, 1.54) is 24.1 Å². The summed E-state index contributed by atoms with van der Waals surface area (Å²) in [6.07, 6.45) is 12.0. The molecule has 0 atom stereocenters. The molecule has 2 aromatic heterocycles. The number of rotatable bonds is 11. The third-order valence-electron chi connectivity index (χ3n) is 5.53. The van der Waals surface area contributed by atoms with Gasteiger partial charge in [0, 0.05) is 18.5 Å². The van der Waals surface area contributed by atoms with Crippen LogP contribution >= 0.6 is 0 Å². The van der Waals surface area contributed by atoms with Crippen LogP contribution in [0, 0.1) is 6.92 Å². The minimum atomic E-state index is 0.316. The molecule has 1 aliphatic rings. The Morgan fingerprint density at radius 2 is 2.19 bits per heavy atom. The minimum absolute atomic E-state index is 0.316. The fourth-order valence-corrected chi connectivity index (χ4v) is 3.77. The summed E-state index contributed by atoms with van der Waals surface area (Å²) in [6, 6.07) is 4.00. The number of nitrogen functional groups attached to an aromatic ring is 1. The first-order valence-corrected chi connectivity index (χ1v) is 11.2. The lowest BCUT2D eigenvalue weighted by molar-refractivity contribution is 0.153. The first kappa shape index (κ1) is 22.8. The second-order valence-corrected chi connectivity index (χ2v) is 7.94. The van der Waals surface area contributed by atoms with Crippen molar-refractivity contribution in [3.63, 3.8) is 0 Å². The maximum atomic E-state index is 6.19. The van der Waals surface area contributed by atoms with Gasteiger partial charge in [-0.25, -0.2) is 9.77 Å².